The molecule has 0 aliphatic carbocycles. The molecule has 0 heterocycles. The van der Waals surface area contributed by atoms with E-state index in [0.29, 0.717) is 17.0 Å². The van der Waals surface area contributed by atoms with Crippen molar-refractivity contribution in [3.05, 3.63) is 23.8 Å². The Morgan fingerprint density at radius 3 is 2.81 bits per heavy atom. The standard InChI is InChI=1S/C12H18N2O2/c1-4-8(2)14-12(15)9-6-5-7-10(16-3)11(9)13/h5-8H,4,13H2,1-3H3,(H,14,15). The summed E-state index contributed by atoms with van der Waals surface area (Å²) in [6.07, 6.45) is 0.885. The molecule has 0 aromatic heterocycles. The smallest absolute Gasteiger partial charge is 0.253 e. The summed E-state index contributed by atoms with van der Waals surface area (Å²) in [7, 11) is 1.53. The first-order valence-corrected chi connectivity index (χ1v) is 5.33. The molecule has 0 radical (unpaired) electrons. The summed E-state index contributed by atoms with van der Waals surface area (Å²) in [5.74, 6) is 0.363. The van der Waals surface area contributed by atoms with Gasteiger partial charge < -0.3 is 15.8 Å². The number of methoxy groups -OCH3 is 1. The molecular weight excluding hydrogens is 204 g/mol. The van der Waals surface area contributed by atoms with E-state index in [4.69, 9.17) is 10.5 Å². The van der Waals surface area contributed by atoms with Crippen molar-refractivity contribution in [1.82, 2.24) is 5.32 Å². The highest BCUT2D eigenvalue weighted by atomic mass is 16.5. The molecule has 0 fully saturated rings. The summed E-state index contributed by atoms with van der Waals surface area (Å²) < 4.78 is 5.06. The minimum absolute atomic E-state index is 0.137. The Morgan fingerprint density at radius 2 is 2.25 bits per heavy atom. The van der Waals surface area contributed by atoms with Gasteiger partial charge >= 0.3 is 0 Å². The Bertz CT molecular complexity index is 377. The van der Waals surface area contributed by atoms with E-state index in [1.165, 1.54) is 7.11 Å². The Balaban J connectivity index is 2.91. The van der Waals surface area contributed by atoms with Crippen LogP contribution in [0.2, 0.25) is 0 Å². The summed E-state index contributed by atoms with van der Waals surface area (Å²) >= 11 is 0. The lowest BCUT2D eigenvalue weighted by molar-refractivity contribution is 0.0940. The van der Waals surface area contributed by atoms with Gasteiger partial charge in [0.25, 0.3) is 5.91 Å². The first kappa shape index (κ1) is 12.4. The molecule has 0 spiro atoms. The van der Waals surface area contributed by atoms with Gasteiger partial charge in [0.05, 0.1) is 18.4 Å². The number of ether oxygens (including phenoxy) is 1. The number of nitrogen functional groups attached to an aromatic ring is 1. The van der Waals surface area contributed by atoms with Gasteiger partial charge in [-0.2, -0.15) is 0 Å². The van der Waals surface area contributed by atoms with Crippen LogP contribution < -0.4 is 15.8 Å². The third kappa shape index (κ3) is 2.66. The third-order valence-electron chi connectivity index (χ3n) is 2.52. The van der Waals surface area contributed by atoms with E-state index in [1.807, 2.05) is 13.8 Å². The molecule has 0 aliphatic heterocycles. The van der Waals surface area contributed by atoms with Crippen LogP contribution in [0.5, 0.6) is 5.75 Å². The minimum Gasteiger partial charge on any atom is -0.495 e. The van der Waals surface area contributed by atoms with Crippen LogP contribution in [0.1, 0.15) is 30.6 Å². The van der Waals surface area contributed by atoms with Gasteiger partial charge in [0.15, 0.2) is 0 Å². The average molecular weight is 222 g/mol. The molecule has 0 saturated heterocycles. The molecule has 1 aromatic carbocycles. The van der Waals surface area contributed by atoms with Gasteiger partial charge in [-0.15, -0.1) is 0 Å². The van der Waals surface area contributed by atoms with E-state index in [1.54, 1.807) is 18.2 Å². The third-order valence-corrected chi connectivity index (χ3v) is 2.52. The quantitative estimate of drug-likeness (QED) is 0.763. The maximum absolute atomic E-state index is 11.9. The molecule has 16 heavy (non-hydrogen) atoms. The first-order valence-electron chi connectivity index (χ1n) is 5.33. The predicted molar refractivity (Wildman–Crippen MR) is 64.6 cm³/mol. The Morgan fingerprint density at radius 1 is 1.56 bits per heavy atom. The summed E-state index contributed by atoms with van der Waals surface area (Å²) in [4.78, 5) is 11.9. The maximum Gasteiger partial charge on any atom is 0.253 e. The minimum atomic E-state index is -0.161. The van der Waals surface area contributed by atoms with Crippen molar-refractivity contribution in [2.45, 2.75) is 26.3 Å². The van der Waals surface area contributed by atoms with Crippen molar-refractivity contribution in [2.75, 3.05) is 12.8 Å². The van der Waals surface area contributed by atoms with Crippen molar-refractivity contribution >= 4 is 11.6 Å². The molecule has 4 nitrogen and oxygen atoms in total. The van der Waals surface area contributed by atoms with Crippen molar-refractivity contribution in [2.24, 2.45) is 0 Å². The molecule has 0 aliphatic rings. The normalized spacial score (nSPS) is 11.9. The monoisotopic (exact) mass is 222 g/mol. The SMILES string of the molecule is CCC(C)NC(=O)c1cccc(OC)c1N. The summed E-state index contributed by atoms with van der Waals surface area (Å²) in [5.41, 5.74) is 6.66. The second-order valence-corrected chi connectivity index (χ2v) is 3.70. The molecule has 4 heteroatoms. The fraction of sp³-hybridized carbons (Fsp3) is 0.417. The molecule has 1 atom stereocenters. The molecule has 1 amide bonds. The van der Waals surface area contributed by atoms with Gasteiger partial charge in [0.1, 0.15) is 5.75 Å². The zero-order chi connectivity index (χ0) is 12.1. The van der Waals surface area contributed by atoms with Gasteiger partial charge in [-0.05, 0) is 25.5 Å². The van der Waals surface area contributed by atoms with E-state index in [9.17, 15) is 4.79 Å². The number of benzene rings is 1. The number of para-hydroxylation sites is 1. The summed E-state index contributed by atoms with van der Waals surface area (Å²) in [5, 5.41) is 2.86. The molecule has 88 valence electrons. The van der Waals surface area contributed by atoms with Gasteiger partial charge in [0.2, 0.25) is 0 Å². The number of hydrogen-bond donors (Lipinski definition) is 2. The number of hydrogen-bond acceptors (Lipinski definition) is 3. The molecule has 1 aromatic rings. The number of amides is 1. The number of anilines is 1. The summed E-state index contributed by atoms with van der Waals surface area (Å²) in [6, 6.07) is 5.31. The lowest BCUT2D eigenvalue weighted by Gasteiger charge is -2.13. The lowest BCUT2D eigenvalue weighted by atomic mass is 10.1. The van der Waals surface area contributed by atoms with Crippen LogP contribution in [0.25, 0.3) is 0 Å². The van der Waals surface area contributed by atoms with Crippen LogP contribution in [-0.4, -0.2) is 19.1 Å². The predicted octanol–water partition coefficient (Wildman–Crippen LogP) is 1.81. The van der Waals surface area contributed by atoms with Gasteiger partial charge in [0, 0.05) is 6.04 Å². The second kappa shape index (κ2) is 5.39. The number of carbonyl (C=O) groups is 1. The van der Waals surface area contributed by atoms with Crippen LogP contribution >= 0.6 is 0 Å². The van der Waals surface area contributed by atoms with Crippen LogP contribution in [0.4, 0.5) is 5.69 Å². The van der Waals surface area contributed by atoms with Crippen molar-refractivity contribution in [3.63, 3.8) is 0 Å². The Kier molecular flexibility index (Phi) is 4.17. The van der Waals surface area contributed by atoms with E-state index >= 15 is 0 Å². The molecule has 1 unspecified atom stereocenters. The average Bonchev–Trinajstić information content (AvgIpc) is 2.29. The second-order valence-electron chi connectivity index (χ2n) is 3.70. The molecule has 0 saturated carbocycles. The van der Waals surface area contributed by atoms with E-state index in [2.05, 4.69) is 5.32 Å². The van der Waals surface area contributed by atoms with Crippen LogP contribution in [-0.2, 0) is 0 Å². The fourth-order valence-corrected chi connectivity index (χ4v) is 1.32. The van der Waals surface area contributed by atoms with E-state index in [-0.39, 0.29) is 11.9 Å². The largest absolute Gasteiger partial charge is 0.495 e. The van der Waals surface area contributed by atoms with Crippen LogP contribution in [0.3, 0.4) is 0 Å². The highest BCUT2D eigenvalue weighted by Crippen LogP contribution is 2.24. The van der Waals surface area contributed by atoms with E-state index < -0.39 is 0 Å². The molecule has 3 N–H and O–H groups in total. The van der Waals surface area contributed by atoms with Crippen LogP contribution in [0, 0.1) is 0 Å². The zero-order valence-corrected chi connectivity index (χ0v) is 9.91. The van der Waals surface area contributed by atoms with Crippen molar-refractivity contribution in [1.29, 1.82) is 0 Å². The van der Waals surface area contributed by atoms with E-state index in [0.717, 1.165) is 6.42 Å². The highest BCUT2D eigenvalue weighted by Gasteiger charge is 2.14. The van der Waals surface area contributed by atoms with Crippen molar-refractivity contribution < 1.29 is 9.53 Å². The summed E-state index contributed by atoms with van der Waals surface area (Å²) in [6.45, 7) is 3.97. The number of nitrogens with one attached hydrogen (secondary N) is 1. The first-order chi connectivity index (χ1) is 7.60. The van der Waals surface area contributed by atoms with Crippen LogP contribution in [0.15, 0.2) is 18.2 Å². The number of nitrogens with two attached hydrogens (primary N) is 1. The zero-order valence-electron chi connectivity index (χ0n) is 9.91. The van der Waals surface area contributed by atoms with Gasteiger partial charge in [-0.1, -0.05) is 13.0 Å². The molecule has 1 rings (SSSR count). The molecular formula is C12H18N2O2. The Labute approximate surface area is 95.8 Å². The van der Waals surface area contributed by atoms with Gasteiger partial charge in [-0.3, -0.25) is 4.79 Å². The van der Waals surface area contributed by atoms with Gasteiger partial charge in [-0.25, -0.2) is 0 Å². The van der Waals surface area contributed by atoms with Crippen molar-refractivity contribution in [3.8, 4) is 5.75 Å². The maximum atomic E-state index is 11.9. The topological polar surface area (TPSA) is 64.3 Å². The number of carbonyl (C=O) groups excluding carboxylic acids is 1. The lowest BCUT2D eigenvalue weighted by Crippen LogP contribution is -2.32. The fourth-order valence-electron chi connectivity index (χ4n) is 1.32. The number of rotatable bonds is 4. The highest BCUT2D eigenvalue weighted by molar-refractivity contribution is 6.00. The Hall–Kier alpha value is -1.71. The molecule has 0 bridgehead atoms.